The third kappa shape index (κ3) is 2.28. The minimum Gasteiger partial charge on any atom is -0.0533 e. The van der Waals surface area contributed by atoms with Crippen molar-refractivity contribution in [2.75, 3.05) is 0 Å². The first-order chi connectivity index (χ1) is 9.43. The third-order valence-electron chi connectivity index (χ3n) is 7.58. The molecule has 0 aromatic rings. The lowest BCUT2D eigenvalue weighted by Gasteiger charge is -2.53. The average Bonchev–Trinajstić information content (AvgIpc) is 2.72. The molecule has 0 aromatic carbocycles. The maximum atomic E-state index is 1.62. The highest BCUT2D eigenvalue weighted by molar-refractivity contribution is 4.97. The van der Waals surface area contributed by atoms with Gasteiger partial charge in [0.15, 0.2) is 0 Å². The van der Waals surface area contributed by atoms with Crippen molar-refractivity contribution in [2.24, 2.45) is 35.5 Å². The van der Waals surface area contributed by atoms with Gasteiger partial charge in [-0.1, -0.05) is 44.9 Å². The molecule has 0 aliphatic heterocycles. The maximum absolute atomic E-state index is 1.62. The Bertz CT molecular complexity index is 307. The van der Waals surface area contributed by atoms with Gasteiger partial charge in [0.1, 0.15) is 0 Å². The summed E-state index contributed by atoms with van der Waals surface area (Å²) in [7, 11) is 0. The predicted molar refractivity (Wildman–Crippen MR) is 81.0 cm³/mol. The standard InChI is InChI=1S/C19H32/c1-2-6-14-10-12-19-17-9-5-4-7-15(17)11-13-18(19)16(14)8-3-1/h14-19H,1-13H2. The zero-order valence-electron chi connectivity index (χ0n) is 12.7. The van der Waals surface area contributed by atoms with Crippen molar-refractivity contribution in [3.8, 4) is 0 Å². The molecule has 0 saturated heterocycles. The molecule has 0 heteroatoms. The summed E-state index contributed by atoms with van der Waals surface area (Å²) in [6.45, 7) is 0. The number of fused-ring (bicyclic) bond motifs is 5. The Balaban J connectivity index is 1.53. The van der Waals surface area contributed by atoms with E-state index in [4.69, 9.17) is 0 Å². The second-order valence-electron chi connectivity index (χ2n) is 8.25. The van der Waals surface area contributed by atoms with Crippen molar-refractivity contribution in [1.82, 2.24) is 0 Å². The molecule has 4 aliphatic rings. The van der Waals surface area contributed by atoms with E-state index < -0.39 is 0 Å². The van der Waals surface area contributed by atoms with Crippen molar-refractivity contribution in [2.45, 2.75) is 83.5 Å². The van der Waals surface area contributed by atoms with E-state index in [9.17, 15) is 0 Å². The Morgan fingerprint density at radius 3 is 1.42 bits per heavy atom. The van der Waals surface area contributed by atoms with Gasteiger partial charge in [-0.3, -0.25) is 0 Å². The fourth-order valence-electron chi connectivity index (χ4n) is 6.80. The molecule has 0 heterocycles. The molecular weight excluding hydrogens is 228 g/mol. The highest BCUT2D eigenvalue weighted by atomic mass is 14.5. The van der Waals surface area contributed by atoms with Gasteiger partial charge in [-0.05, 0) is 74.0 Å². The fraction of sp³-hybridized carbons (Fsp3) is 1.00. The van der Waals surface area contributed by atoms with Gasteiger partial charge in [-0.25, -0.2) is 0 Å². The van der Waals surface area contributed by atoms with E-state index in [1.807, 2.05) is 0 Å². The molecule has 0 radical (unpaired) electrons. The van der Waals surface area contributed by atoms with Crippen LogP contribution in [0.1, 0.15) is 83.5 Å². The van der Waals surface area contributed by atoms with Crippen molar-refractivity contribution < 1.29 is 0 Å². The summed E-state index contributed by atoms with van der Waals surface area (Å²) in [5, 5.41) is 0. The van der Waals surface area contributed by atoms with E-state index >= 15 is 0 Å². The number of rotatable bonds is 0. The zero-order chi connectivity index (χ0) is 12.7. The SMILES string of the molecule is C1CCC2CCC3C4CCCCC4CCC3C2CC1. The third-order valence-corrected chi connectivity index (χ3v) is 7.58. The van der Waals surface area contributed by atoms with Crippen LogP contribution in [0.15, 0.2) is 0 Å². The lowest BCUT2D eigenvalue weighted by molar-refractivity contribution is -0.0298. The van der Waals surface area contributed by atoms with Crippen LogP contribution in [0.3, 0.4) is 0 Å². The van der Waals surface area contributed by atoms with Gasteiger partial charge in [0.05, 0.1) is 0 Å². The van der Waals surface area contributed by atoms with Gasteiger partial charge in [-0.15, -0.1) is 0 Å². The zero-order valence-corrected chi connectivity index (χ0v) is 12.7. The molecule has 0 nitrogen and oxygen atoms in total. The first-order valence-electron chi connectivity index (χ1n) is 9.43. The van der Waals surface area contributed by atoms with Crippen LogP contribution in [-0.4, -0.2) is 0 Å². The summed E-state index contributed by atoms with van der Waals surface area (Å²) in [5.41, 5.74) is 0. The van der Waals surface area contributed by atoms with Crippen LogP contribution in [0.4, 0.5) is 0 Å². The number of hydrogen-bond acceptors (Lipinski definition) is 0. The second kappa shape index (κ2) is 5.41. The van der Waals surface area contributed by atoms with Crippen LogP contribution in [0.25, 0.3) is 0 Å². The molecule has 4 aliphatic carbocycles. The molecule has 108 valence electrons. The molecule has 0 bridgehead atoms. The van der Waals surface area contributed by atoms with Crippen LogP contribution in [0.5, 0.6) is 0 Å². The Hall–Kier alpha value is 0. The van der Waals surface area contributed by atoms with Gasteiger partial charge in [0, 0.05) is 0 Å². The van der Waals surface area contributed by atoms with Gasteiger partial charge < -0.3 is 0 Å². The Morgan fingerprint density at radius 1 is 0.316 bits per heavy atom. The van der Waals surface area contributed by atoms with Crippen LogP contribution in [0, 0.1) is 35.5 Å². The van der Waals surface area contributed by atoms with Crippen molar-refractivity contribution in [1.29, 1.82) is 0 Å². The lowest BCUT2D eigenvalue weighted by Crippen LogP contribution is -2.44. The summed E-state index contributed by atoms with van der Waals surface area (Å²) in [4.78, 5) is 0. The minimum absolute atomic E-state index is 1.14. The molecule has 6 atom stereocenters. The minimum atomic E-state index is 1.14. The predicted octanol–water partition coefficient (Wildman–Crippen LogP) is 5.81. The second-order valence-corrected chi connectivity index (χ2v) is 8.25. The van der Waals surface area contributed by atoms with E-state index in [0.717, 1.165) is 29.6 Å². The molecule has 0 amide bonds. The largest absolute Gasteiger partial charge is 0.0533 e. The normalized spacial score (nSPS) is 50.5. The lowest BCUT2D eigenvalue weighted by atomic mass is 9.53. The molecule has 4 fully saturated rings. The quantitative estimate of drug-likeness (QED) is 0.515. The van der Waals surface area contributed by atoms with E-state index in [0.29, 0.717) is 0 Å². The molecule has 0 N–H and O–H groups in total. The van der Waals surface area contributed by atoms with Crippen LogP contribution < -0.4 is 0 Å². The molecule has 0 spiro atoms. The van der Waals surface area contributed by atoms with Crippen LogP contribution >= 0.6 is 0 Å². The molecule has 19 heavy (non-hydrogen) atoms. The summed E-state index contributed by atoms with van der Waals surface area (Å²) in [5.74, 6) is 6.94. The van der Waals surface area contributed by atoms with Crippen molar-refractivity contribution >= 4 is 0 Å². The highest BCUT2D eigenvalue weighted by Gasteiger charge is 2.47. The van der Waals surface area contributed by atoms with Gasteiger partial charge in [-0.2, -0.15) is 0 Å². The monoisotopic (exact) mass is 260 g/mol. The summed E-state index contributed by atoms with van der Waals surface area (Å²) >= 11 is 0. The molecular formula is C19H32. The Labute approximate surface area is 119 Å². The van der Waals surface area contributed by atoms with E-state index in [1.54, 1.807) is 77.0 Å². The van der Waals surface area contributed by atoms with Crippen LogP contribution in [-0.2, 0) is 0 Å². The average molecular weight is 260 g/mol. The fourth-order valence-corrected chi connectivity index (χ4v) is 6.80. The van der Waals surface area contributed by atoms with Gasteiger partial charge in [0.2, 0.25) is 0 Å². The van der Waals surface area contributed by atoms with Crippen molar-refractivity contribution in [3.05, 3.63) is 0 Å². The first-order valence-corrected chi connectivity index (χ1v) is 9.43. The van der Waals surface area contributed by atoms with E-state index in [-0.39, 0.29) is 0 Å². The molecule has 4 saturated carbocycles. The Kier molecular flexibility index (Phi) is 3.62. The van der Waals surface area contributed by atoms with E-state index in [1.165, 1.54) is 12.3 Å². The smallest absolute Gasteiger partial charge is 0.0352 e. The summed E-state index contributed by atoms with van der Waals surface area (Å²) < 4.78 is 0. The van der Waals surface area contributed by atoms with Gasteiger partial charge >= 0.3 is 0 Å². The topological polar surface area (TPSA) is 0 Å². The first kappa shape index (κ1) is 12.7. The van der Waals surface area contributed by atoms with E-state index in [2.05, 4.69) is 0 Å². The molecule has 0 aromatic heterocycles. The molecule has 4 rings (SSSR count). The highest BCUT2D eigenvalue weighted by Crippen LogP contribution is 2.56. The summed E-state index contributed by atoms with van der Waals surface area (Å²) in [6.07, 6.45) is 20.6. The van der Waals surface area contributed by atoms with Gasteiger partial charge in [0.25, 0.3) is 0 Å². The number of hydrogen-bond donors (Lipinski definition) is 0. The molecule has 6 unspecified atom stereocenters. The maximum Gasteiger partial charge on any atom is -0.0352 e. The Morgan fingerprint density at radius 2 is 0.789 bits per heavy atom. The van der Waals surface area contributed by atoms with Crippen molar-refractivity contribution in [3.63, 3.8) is 0 Å². The summed E-state index contributed by atoms with van der Waals surface area (Å²) in [6, 6.07) is 0. The van der Waals surface area contributed by atoms with Crippen LogP contribution in [0.2, 0.25) is 0 Å².